The first-order chi connectivity index (χ1) is 10.2. The van der Waals surface area contributed by atoms with Crippen LogP contribution in [-0.4, -0.2) is 17.2 Å². The summed E-state index contributed by atoms with van der Waals surface area (Å²) in [5, 5.41) is 19.5. The van der Waals surface area contributed by atoms with E-state index in [9.17, 15) is 15.0 Å². The zero-order valence-electron chi connectivity index (χ0n) is 12.9. The number of unbranched alkanes of at least 4 members (excludes halogenated alkanes) is 2. The summed E-state index contributed by atoms with van der Waals surface area (Å²) in [5.41, 5.74) is 0. The maximum Gasteiger partial charge on any atom is 0.0721 e. The molecule has 0 aliphatic carbocycles. The van der Waals surface area contributed by atoms with Gasteiger partial charge in [0, 0.05) is 5.97 Å². The number of carboxylic acids is 1. The molecule has 0 aromatic rings. The van der Waals surface area contributed by atoms with E-state index in [1.54, 1.807) is 6.08 Å². The van der Waals surface area contributed by atoms with Gasteiger partial charge in [-0.25, -0.2) is 0 Å². The Hall–Kier alpha value is -1.61. The molecule has 1 N–H and O–H groups in total. The number of allylic oxidation sites excluding steroid dienone is 7. The summed E-state index contributed by atoms with van der Waals surface area (Å²) in [7, 11) is 0. The average Bonchev–Trinajstić information content (AvgIpc) is 2.46. The van der Waals surface area contributed by atoms with Crippen molar-refractivity contribution in [2.45, 2.75) is 58.0 Å². The molecular formula is C18H27O3-. The van der Waals surface area contributed by atoms with E-state index in [0.717, 1.165) is 32.1 Å². The highest BCUT2D eigenvalue weighted by atomic mass is 16.4. The fourth-order valence-electron chi connectivity index (χ4n) is 1.58. The second-order valence-corrected chi connectivity index (χ2v) is 4.82. The van der Waals surface area contributed by atoms with E-state index < -0.39 is 5.97 Å². The molecule has 1 atom stereocenters. The molecule has 0 aromatic carbocycles. The van der Waals surface area contributed by atoms with Crippen LogP contribution < -0.4 is 5.11 Å². The molecule has 0 saturated carbocycles. The van der Waals surface area contributed by atoms with Gasteiger partial charge in [0.1, 0.15) is 0 Å². The first-order valence-electron chi connectivity index (χ1n) is 7.68. The lowest BCUT2D eigenvalue weighted by Crippen LogP contribution is -2.21. The van der Waals surface area contributed by atoms with Gasteiger partial charge in [0.05, 0.1) is 6.10 Å². The number of aliphatic carboxylic acids is 1. The Labute approximate surface area is 128 Å². The van der Waals surface area contributed by atoms with E-state index in [2.05, 4.69) is 24.3 Å². The summed E-state index contributed by atoms with van der Waals surface area (Å²) in [5.74, 6) is -0.964. The van der Waals surface area contributed by atoms with Gasteiger partial charge < -0.3 is 15.0 Å². The lowest BCUT2D eigenvalue weighted by Gasteiger charge is -1.98. The summed E-state index contributed by atoms with van der Waals surface area (Å²) in [6.45, 7) is 1.94. The monoisotopic (exact) mass is 291 g/mol. The van der Waals surface area contributed by atoms with E-state index in [1.165, 1.54) is 0 Å². The normalized spacial score (nSPS) is 14.0. The molecule has 118 valence electrons. The van der Waals surface area contributed by atoms with Crippen molar-refractivity contribution < 1.29 is 15.0 Å². The number of aliphatic hydroxyl groups is 1. The number of carbonyl (C=O) groups excluding carboxylic acids is 1. The van der Waals surface area contributed by atoms with Gasteiger partial charge in [0.15, 0.2) is 0 Å². The zero-order chi connectivity index (χ0) is 15.8. The van der Waals surface area contributed by atoms with E-state index in [0.29, 0.717) is 6.42 Å². The molecule has 0 aromatic heterocycles. The van der Waals surface area contributed by atoms with Crippen LogP contribution >= 0.6 is 0 Å². The van der Waals surface area contributed by atoms with Crippen LogP contribution in [0.2, 0.25) is 0 Å². The highest BCUT2D eigenvalue weighted by Crippen LogP contribution is 2.01. The summed E-state index contributed by atoms with van der Waals surface area (Å²) < 4.78 is 0. The first-order valence-corrected chi connectivity index (χ1v) is 7.68. The van der Waals surface area contributed by atoms with E-state index in [-0.39, 0.29) is 12.5 Å². The van der Waals surface area contributed by atoms with Gasteiger partial charge in [0.2, 0.25) is 0 Å². The fraction of sp³-hybridized carbons (Fsp3) is 0.500. The number of rotatable bonds is 12. The van der Waals surface area contributed by atoms with E-state index >= 15 is 0 Å². The van der Waals surface area contributed by atoms with Crippen LogP contribution in [0, 0.1) is 0 Å². The topological polar surface area (TPSA) is 60.4 Å². The van der Waals surface area contributed by atoms with Gasteiger partial charge in [-0.15, -0.1) is 0 Å². The molecule has 0 rings (SSSR count). The van der Waals surface area contributed by atoms with Crippen LogP contribution in [0.25, 0.3) is 0 Å². The van der Waals surface area contributed by atoms with Crippen LogP contribution in [0.5, 0.6) is 0 Å². The minimum atomic E-state index is -0.964. The highest BCUT2D eigenvalue weighted by molar-refractivity contribution is 5.64. The molecule has 0 aliphatic heterocycles. The summed E-state index contributed by atoms with van der Waals surface area (Å²) >= 11 is 0. The van der Waals surface area contributed by atoms with Crippen molar-refractivity contribution in [3.63, 3.8) is 0 Å². The van der Waals surface area contributed by atoms with Crippen molar-refractivity contribution in [3.8, 4) is 0 Å². The summed E-state index contributed by atoms with van der Waals surface area (Å²) in [4.78, 5) is 10.2. The predicted octanol–water partition coefficient (Wildman–Crippen LogP) is 3.07. The third-order valence-electron chi connectivity index (χ3n) is 2.88. The van der Waals surface area contributed by atoms with Crippen molar-refractivity contribution >= 4 is 5.97 Å². The van der Waals surface area contributed by atoms with Gasteiger partial charge in [-0.2, -0.15) is 0 Å². The average molecular weight is 291 g/mol. The van der Waals surface area contributed by atoms with Gasteiger partial charge >= 0.3 is 0 Å². The fourth-order valence-corrected chi connectivity index (χ4v) is 1.58. The van der Waals surface area contributed by atoms with Gasteiger partial charge in [-0.05, 0) is 44.9 Å². The summed E-state index contributed by atoms with van der Waals surface area (Å²) in [6, 6.07) is 0. The third kappa shape index (κ3) is 16.3. The molecule has 0 saturated heterocycles. The predicted molar refractivity (Wildman–Crippen MR) is 85.6 cm³/mol. The van der Waals surface area contributed by atoms with Crippen LogP contribution in [0.1, 0.15) is 51.9 Å². The largest absolute Gasteiger partial charge is 0.550 e. The molecular weight excluding hydrogens is 264 g/mol. The van der Waals surface area contributed by atoms with Gasteiger partial charge in [-0.3, -0.25) is 0 Å². The lowest BCUT2D eigenvalue weighted by atomic mass is 10.2. The Bertz CT molecular complexity index is 365. The standard InChI is InChI=1S/C18H28O3/c1-2-17(19)15-13-11-9-7-5-3-4-6-8-10-12-14-16-18(20)21/h3,5-6,8-9,11,13,15,17,19H,2,4,7,10,12,14,16H2,1H3,(H,20,21)/p-1/b5-3-,8-6-,11-9-,15-13+. The van der Waals surface area contributed by atoms with Crippen LogP contribution in [-0.2, 0) is 4.79 Å². The number of hydrogen-bond donors (Lipinski definition) is 1. The molecule has 0 spiro atoms. The first kappa shape index (κ1) is 19.4. The molecule has 3 nitrogen and oxygen atoms in total. The van der Waals surface area contributed by atoms with E-state index in [4.69, 9.17) is 0 Å². The van der Waals surface area contributed by atoms with Crippen LogP contribution in [0.15, 0.2) is 48.6 Å². The maximum absolute atomic E-state index is 10.2. The quantitative estimate of drug-likeness (QED) is 0.341. The molecule has 3 heteroatoms. The third-order valence-corrected chi connectivity index (χ3v) is 2.88. The summed E-state index contributed by atoms with van der Waals surface area (Å²) in [6.07, 6.45) is 20.9. The Kier molecular flexibility index (Phi) is 13.7. The van der Waals surface area contributed by atoms with Crippen molar-refractivity contribution in [2.24, 2.45) is 0 Å². The van der Waals surface area contributed by atoms with Crippen molar-refractivity contribution in [2.75, 3.05) is 0 Å². The number of carbonyl (C=O) groups is 1. The Balaban J connectivity index is 3.49. The molecule has 0 bridgehead atoms. The smallest absolute Gasteiger partial charge is 0.0721 e. The molecule has 0 radical (unpaired) electrons. The van der Waals surface area contributed by atoms with Gasteiger partial charge in [-0.1, -0.05) is 55.5 Å². The van der Waals surface area contributed by atoms with E-state index in [1.807, 2.05) is 25.2 Å². The maximum atomic E-state index is 10.2. The molecule has 21 heavy (non-hydrogen) atoms. The molecule has 0 heterocycles. The Morgan fingerprint density at radius 2 is 1.71 bits per heavy atom. The molecule has 1 unspecified atom stereocenters. The Morgan fingerprint density at radius 1 is 1.05 bits per heavy atom. The Morgan fingerprint density at radius 3 is 2.38 bits per heavy atom. The van der Waals surface area contributed by atoms with Crippen molar-refractivity contribution in [1.82, 2.24) is 0 Å². The number of aliphatic hydroxyl groups excluding tert-OH is 1. The number of carboxylic acid groups (broad SMARTS) is 1. The highest BCUT2D eigenvalue weighted by Gasteiger charge is 1.89. The van der Waals surface area contributed by atoms with Crippen LogP contribution in [0.4, 0.5) is 0 Å². The number of hydrogen-bond acceptors (Lipinski definition) is 3. The molecule has 0 fully saturated rings. The molecule has 0 amide bonds. The minimum absolute atomic E-state index is 0.157. The van der Waals surface area contributed by atoms with Crippen LogP contribution in [0.3, 0.4) is 0 Å². The second-order valence-electron chi connectivity index (χ2n) is 4.82. The van der Waals surface area contributed by atoms with Crippen molar-refractivity contribution in [3.05, 3.63) is 48.6 Å². The van der Waals surface area contributed by atoms with Crippen molar-refractivity contribution in [1.29, 1.82) is 0 Å². The SMILES string of the molecule is CCC(O)/C=C/C=C\C/C=C\C/C=C\CCCCC(=O)[O-]. The second kappa shape index (κ2) is 14.8. The minimum Gasteiger partial charge on any atom is -0.550 e. The zero-order valence-corrected chi connectivity index (χ0v) is 12.9. The van der Waals surface area contributed by atoms with Gasteiger partial charge in [0.25, 0.3) is 0 Å². The lowest BCUT2D eigenvalue weighted by molar-refractivity contribution is -0.305. The molecule has 0 aliphatic rings.